The first-order valence-corrected chi connectivity index (χ1v) is 10.0. The van der Waals surface area contributed by atoms with Crippen LogP contribution in [0.4, 0.5) is 0 Å². The molecule has 4 rings (SSSR count). The molecule has 28 heavy (non-hydrogen) atoms. The van der Waals surface area contributed by atoms with E-state index in [9.17, 15) is 4.79 Å². The molecule has 1 spiro atoms. The third-order valence-corrected chi connectivity index (χ3v) is 6.18. The molecule has 7 heteroatoms. The lowest BCUT2D eigenvalue weighted by atomic mass is 9.71. The summed E-state index contributed by atoms with van der Waals surface area (Å²) in [5, 5.41) is 8.36. The minimum absolute atomic E-state index is 0.0122. The van der Waals surface area contributed by atoms with E-state index < -0.39 is 0 Å². The molecule has 1 atom stereocenters. The standard InChI is InChI=1S/C21H28N4O3/c1-4-27-18-8-6-5-7-16(18)20(26)25-13-17(19-23-22-15(2)28-19)21(14-25)9-11-24(3)12-10-21/h5-8,17H,4,9-14H2,1-3H3. The van der Waals surface area contributed by atoms with Gasteiger partial charge >= 0.3 is 0 Å². The van der Waals surface area contributed by atoms with E-state index in [1.807, 2.05) is 43.0 Å². The number of hydrogen-bond donors (Lipinski definition) is 0. The van der Waals surface area contributed by atoms with Crippen molar-refractivity contribution in [2.24, 2.45) is 5.41 Å². The number of likely N-dealkylation sites (tertiary alicyclic amines) is 2. The first-order chi connectivity index (χ1) is 13.5. The minimum atomic E-state index is -0.0122. The van der Waals surface area contributed by atoms with Crippen LogP contribution in [0.25, 0.3) is 0 Å². The molecule has 150 valence electrons. The molecule has 1 aromatic carbocycles. The molecular formula is C21H28N4O3. The zero-order chi connectivity index (χ0) is 19.7. The van der Waals surface area contributed by atoms with Gasteiger partial charge in [0.2, 0.25) is 11.8 Å². The second kappa shape index (κ2) is 7.54. The maximum atomic E-state index is 13.4. The average Bonchev–Trinajstić information content (AvgIpc) is 3.28. The van der Waals surface area contributed by atoms with Gasteiger partial charge in [0.05, 0.1) is 18.1 Å². The normalized spacial score (nSPS) is 22.0. The fourth-order valence-electron chi connectivity index (χ4n) is 4.58. The number of rotatable bonds is 4. The van der Waals surface area contributed by atoms with Crippen LogP contribution in [0.2, 0.25) is 0 Å². The molecule has 2 aliphatic heterocycles. The van der Waals surface area contributed by atoms with Crippen molar-refractivity contribution in [3.63, 3.8) is 0 Å². The van der Waals surface area contributed by atoms with Gasteiger partial charge in [-0.1, -0.05) is 12.1 Å². The van der Waals surface area contributed by atoms with Crippen LogP contribution < -0.4 is 4.74 Å². The van der Waals surface area contributed by atoms with Crippen molar-refractivity contribution >= 4 is 5.91 Å². The van der Waals surface area contributed by atoms with E-state index in [2.05, 4.69) is 22.1 Å². The Labute approximate surface area is 165 Å². The Kier molecular flexibility index (Phi) is 5.10. The van der Waals surface area contributed by atoms with Crippen molar-refractivity contribution in [2.75, 3.05) is 39.8 Å². The number of aryl methyl sites for hydroxylation is 1. The molecule has 0 bridgehead atoms. The van der Waals surface area contributed by atoms with Crippen LogP contribution in [-0.2, 0) is 0 Å². The van der Waals surface area contributed by atoms with E-state index >= 15 is 0 Å². The molecule has 1 aromatic heterocycles. The molecule has 1 amide bonds. The lowest BCUT2D eigenvalue weighted by molar-refractivity contribution is 0.0723. The quantitative estimate of drug-likeness (QED) is 0.807. The van der Waals surface area contributed by atoms with E-state index in [0.29, 0.717) is 42.8 Å². The smallest absolute Gasteiger partial charge is 0.257 e. The molecule has 7 nitrogen and oxygen atoms in total. The molecule has 0 radical (unpaired) electrons. The average molecular weight is 384 g/mol. The number of nitrogens with zero attached hydrogens (tertiary/aromatic N) is 4. The summed E-state index contributed by atoms with van der Waals surface area (Å²) in [6.07, 6.45) is 2.04. The molecule has 2 saturated heterocycles. The number of carbonyl (C=O) groups excluding carboxylic acids is 1. The second-order valence-corrected chi connectivity index (χ2v) is 7.99. The van der Waals surface area contributed by atoms with E-state index in [1.165, 1.54) is 0 Å². The van der Waals surface area contributed by atoms with Crippen molar-refractivity contribution < 1.29 is 13.9 Å². The predicted octanol–water partition coefficient (Wildman–Crippen LogP) is 2.73. The van der Waals surface area contributed by atoms with Gasteiger partial charge in [0.1, 0.15) is 5.75 Å². The molecular weight excluding hydrogens is 356 g/mol. The zero-order valence-corrected chi connectivity index (χ0v) is 16.9. The molecule has 3 heterocycles. The van der Waals surface area contributed by atoms with Crippen molar-refractivity contribution in [1.82, 2.24) is 20.0 Å². The third kappa shape index (κ3) is 3.39. The van der Waals surface area contributed by atoms with Crippen LogP contribution in [0.15, 0.2) is 28.7 Å². The number of benzene rings is 1. The second-order valence-electron chi connectivity index (χ2n) is 7.99. The van der Waals surface area contributed by atoms with Gasteiger partial charge in [0.25, 0.3) is 5.91 Å². The van der Waals surface area contributed by atoms with E-state index in [4.69, 9.17) is 9.15 Å². The molecule has 2 aromatic rings. The summed E-state index contributed by atoms with van der Waals surface area (Å²) in [7, 11) is 2.15. The van der Waals surface area contributed by atoms with Crippen LogP contribution in [0.1, 0.15) is 47.8 Å². The van der Waals surface area contributed by atoms with Crippen LogP contribution in [0.5, 0.6) is 5.75 Å². The summed E-state index contributed by atoms with van der Waals surface area (Å²) >= 11 is 0. The van der Waals surface area contributed by atoms with Crippen LogP contribution in [0.3, 0.4) is 0 Å². The number of para-hydroxylation sites is 1. The SMILES string of the molecule is CCOc1ccccc1C(=O)N1CC(c2nnc(C)o2)C2(CCN(C)CC2)C1. The van der Waals surface area contributed by atoms with Gasteiger partial charge in [-0.05, 0) is 52.0 Å². The highest BCUT2D eigenvalue weighted by Gasteiger charge is 2.52. The molecule has 2 fully saturated rings. The van der Waals surface area contributed by atoms with Crippen molar-refractivity contribution in [3.8, 4) is 5.75 Å². The van der Waals surface area contributed by atoms with Crippen LogP contribution in [0, 0.1) is 12.3 Å². The van der Waals surface area contributed by atoms with E-state index in [1.54, 1.807) is 0 Å². The number of carbonyl (C=O) groups is 1. The molecule has 1 unspecified atom stereocenters. The maximum Gasteiger partial charge on any atom is 0.257 e. The molecule has 2 aliphatic rings. The largest absolute Gasteiger partial charge is 0.493 e. The van der Waals surface area contributed by atoms with Gasteiger partial charge in [-0.15, -0.1) is 10.2 Å². The van der Waals surface area contributed by atoms with Crippen LogP contribution >= 0.6 is 0 Å². The highest BCUT2D eigenvalue weighted by atomic mass is 16.5. The number of hydrogen-bond acceptors (Lipinski definition) is 6. The number of amides is 1. The van der Waals surface area contributed by atoms with Crippen LogP contribution in [-0.4, -0.2) is 65.7 Å². The number of aromatic nitrogens is 2. The topological polar surface area (TPSA) is 71.7 Å². The summed E-state index contributed by atoms with van der Waals surface area (Å²) in [4.78, 5) is 17.7. The van der Waals surface area contributed by atoms with Gasteiger partial charge in [-0.25, -0.2) is 0 Å². The summed E-state index contributed by atoms with van der Waals surface area (Å²) in [5.41, 5.74) is 0.608. The zero-order valence-electron chi connectivity index (χ0n) is 16.9. The van der Waals surface area contributed by atoms with Gasteiger partial charge in [0, 0.05) is 25.4 Å². The minimum Gasteiger partial charge on any atom is -0.493 e. The van der Waals surface area contributed by atoms with Gasteiger partial charge in [0.15, 0.2) is 0 Å². The number of piperidine rings is 1. The third-order valence-electron chi connectivity index (χ3n) is 6.18. The lowest BCUT2D eigenvalue weighted by Crippen LogP contribution is -2.42. The number of ether oxygens (including phenoxy) is 1. The summed E-state index contributed by atoms with van der Waals surface area (Å²) in [5.74, 6) is 1.97. The van der Waals surface area contributed by atoms with Gasteiger partial charge in [-0.3, -0.25) is 4.79 Å². The Bertz CT molecular complexity index is 842. The Balaban J connectivity index is 1.64. The first kappa shape index (κ1) is 18.9. The Morgan fingerprint density at radius 2 is 2.04 bits per heavy atom. The Morgan fingerprint density at radius 1 is 1.29 bits per heavy atom. The van der Waals surface area contributed by atoms with E-state index in [0.717, 1.165) is 25.9 Å². The Hall–Kier alpha value is -2.41. The fourth-order valence-corrected chi connectivity index (χ4v) is 4.58. The molecule has 0 saturated carbocycles. The van der Waals surface area contributed by atoms with Gasteiger partial charge in [-0.2, -0.15) is 0 Å². The predicted molar refractivity (Wildman–Crippen MR) is 104 cm³/mol. The van der Waals surface area contributed by atoms with E-state index in [-0.39, 0.29) is 17.2 Å². The van der Waals surface area contributed by atoms with Crippen molar-refractivity contribution in [3.05, 3.63) is 41.6 Å². The maximum absolute atomic E-state index is 13.4. The summed E-state index contributed by atoms with van der Waals surface area (Å²) < 4.78 is 11.5. The van der Waals surface area contributed by atoms with Crippen molar-refractivity contribution in [1.29, 1.82) is 0 Å². The van der Waals surface area contributed by atoms with Crippen molar-refractivity contribution in [2.45, 2.75) is 32.6 Å². The fraction of sp³-hybridized carbons (Fsp3) is 0.571. The monoisotopic (exact) mass is 384 g/mol. The first-order valence-electron chi connectivity index (χ1n) is 10.0. The molecule has 0 N–H and O–H groups in total. The highest BCUT2D eigenvalue weighted by molar-refractivity contribution is 5.97. The van der Waals surface area contributed by atoms with Gasteiger partial charge < -0.3 is 19.0 Å². The lowest BCUT2D eigenvalue weighted by Gasteiger charge is -2.40. The highest BCUT2D eigenvalue weighted by Crippen LogP contribution is 2.49. The summed E-state index contributed by atoms with van der Waals surface area (Å²) in [6.45, 7) is 7.62. The Morgan fingerprint density at radius 3 is 2.71 bits per heavy atom. The summed E-state index contributed by atoms with van der Waals surface area (Å²) in [6, 6.07) is 7.49. The molecule has 0 aliphatic carbocycles.